The van der Waals surface area contributed by atoms with Crippen LogP contribution in [0.15, 0.2) is 0 Å². The summed E-state index contributed by atoms with van der Waals surface area (Å²) in [6.07, 6.45) is 1.73. The number of aliphatic carboxylic acids is 1. The number of likely N-dealkylation sites (tertiary alicyclic amines) is 1. The summed E-state index contributed by atoms with van der Waals surface area (Å²) >= 11 is 0. The number of carboxylic acids is 1. The van der Waals surface area contributed by atoms with Crippen LogP contribution in [0.2, 0.25) is 0 Å². The highest BCUT2D eigenvalue weighted by Crippen LogP contribution is 2.44. The van der Waals surface area contributed by atoms with Gasteiger partial charge in [0, 0.05) is 19.7 Å². The van der Waals surface area contributed by atoms with Crippen molar-refractivity contribution in [3.8, 4) is 0 Å². The van der Waals surface area contributed by atoms with Gasteiger partial charge in [0.05, 0.1) is 12.2 Å². The monoisotopic (exact) mass is 229 g/mol. The van der Waals surface area contributed by atoms with Gasteiger partial charge in [0.15, 0.2) is 0 Å². The van der Waals surface area contributed by atoms with Gasteiger partial charge < -0.3 is 19.8 Å². The normalized spacial score (nSPS) is 41.1. The van der Waals surface area contributed by atoms with E-state index in [-0.39, 0.29) is 6.61 Å². The molecule has 2 fully saturated rings. The molecule has 92 valence electrons. The minimum absolute atomic E-state index is 0.132. The first-order valence-corrected chi connectivity index (χ1v) is 5.72. The highest BCUT2D eigenvalue weighted by Gasteiger charge is 2.58. The maximum absolute atomic E-state index is 11.5. The Morgan fingerprint density at radius 2 is 2.19 bits per heavy atom. The van der Waals surface area contributed by atoms with Crippen LogP contribution in [0.4, 0.5) is 0 Å². The molecule has 0 aromatic heterocycles. The molecule has 2 aliphatic heterocycles. The van der Waals surface area contributed by atoms with Gasteiger partial charge in [-0.05, 0) is 26.3 Å². The largest absolute Gasteiger partial charge is 0.481 e. The number of hydrogen-bond donors (Lipinski definition) is 2. The van der Waals surface area contributed by atoms with E-state index in [2.05, 4.69) is 0 Å². The number of carboxylic acid groups (broad SMARTS) is 1. The van der Waals surface area contributed by atoms with Crippen LogP contribution in [0.1, 0.15) is 19.3 Å². The van der Waals surface area contributed by atoms with Gasteiger partial charge in [0.25, 0.3) is 0 Å². The molecule has 2 saturated heterocycles. The lowest BCUT2D eigenvalue weighted by atomic mass is 9.68. The van der Waals surface area contributed by atoms with Gasteiger partial charge in [-0.1, -0.05) is 0 Å². The SMILES string of the molecule is CN1CCC(O)(C2(C(=O)O)CCCOC2)C1. The van der Waals surface area contributed by atoms with Crippen LogP contribution in [0.5, 0.6) is 0 Å². The summed E-state index contributed by atoms with van der Waals surface area (Å²) < 4.78 is 5.30. The topological polar surface area (TPSA) is 70.0 Å². The van der Waals surface area contributed by atoms with Crippen LogP contribution in [0, 0.1) is 5.41 Å². The Morgan fingerprint density at radius 1 is 1.44 bits per heavy atom. The smallest absolute Gasteiger partial charge is 0.315 e. The lowest BCUT2D eigenvalue weighted by molar-refractivity contribution is -0.187. The van der Waals surface area contributed by atoms with E-state index in [4.69, 9.17) is 4.74 Å². The molecule has 2 rings (SSSR count). The molecule has 0 bridgehead atoms. The highest BCUT2D eigenvalue weighted by molar-refractivity contribution is 5.77. The Kier molecular flexibility index (Phi) is 2.94. The van der Waals surface area contributed by atoms with Crippen LogP contribution in [0.25, 0.3) is 0 Å². The molecular weight excluding hydrogens is 210 g/mol. The zero-order chi connectivity index (χ0) is 11.8. The molecule has 0 aromatic rings. The predicted octanol–water partition coefficient (Wildman–Crippen LogP) is -0.0656. The number of ether oxygens (including phenoxy) is 1. The zero-order valence-electron chi connectivity index (χ0n) is 9.61. The van der Waals surface area contributed by atoms with Crippen molar-refractivity contribution in [1.29, 1.82) is 0 Å². The van der Waals surface area contributed by atoms with Crippen LogP contribution < -0.4 is 0 Å². The molecule has 2 N–H and O–H groups in total. The average molecular weight is 229 g/mol. The Bertz CT molecular complexity index is 288. The molecule has 5 nitrogen and oxygen atoms in total. The van der Waals surface area contributed by atoms with E-state index < -0.39 is 17.0 Å². The summed E-state index contributed by atoms with van der Waals surface area (Å²) in [6, 6.07) is 0. The van der Waals surface area contributed by atoms with E-state index in [0.29, 0.717) is 32.4 Å². The maximum atomic E-state index is 11.5. The van der Waals surface area contributed by atoms with E-state index in [1.54, 1.807) is 0 Å². The molecule has 2 heterocycles. The minimum atomic E-state index is -1.14. The fraction of sp³-hybridized carbons (Fsp3) is 0.909. The lowest BCUT2D eigenvalue weighted by Gasteiger charge is -2.43. The van der Waals surface area contributed by atoms with Crippen LogP contribution in [-0.4, -0.2) is 60.0 Å². The molecule has 0 aliphatic carbocycles. The quantitative estimate of drug-likeness (QED) is 0.694. The Hall–Kier alpha value is -0.650. The lowest BCUT2D eigenvalue weighted by Crippen LogP contribution is -2.58. The number of likely N-dealkylation sites (N-methyl/N-ethyl adjacent to an activating group) is 1. The van der Waals surface area contributed by atoms with Crippen LogP contribution >= 0.6 is 0 Å². The summed E-state index contributed by atoms with van der Waals surface area (Å²) in [5.41, 5.74) is -2.26. The van der Waals surface area contributed by atoms with E-state index in [1.807, 2.05) is 11.9 Å². The third-order valence-corrected chi connectivity index (χ3v) is 3.98. The highest BCUT2D eigenvalue weighted by atomic mass is 16.5. The fourth-order valence-electron chi connectivity index (χ4n) is 2.90. The zero-order valence-corrected chi connectivity index (χ0v) is 9.61. The van der Waals surface area contributed by atoms with E-state index in [1.165, 1.54) is 0 Å². The molecular formula is C11H19NO4. The van der Waals surface area contributed by atoms with Gasteiger partial charge in [0.1, 0.15) is 5.41 Å². The summed E-state index contributed by atoms with van der Waals surface area (Å²) in [4.78, 5) is 13.5. The molecule has 0 amide bonds. The fourth-order valence-corrected chi connectivity index (χ4v) is 2.90. The van der Waals surface area contributed by atoms with Crippen molar-refractivity contribution in [2.45, 2.75) is 24.9 Å². The number of hydrogen-bond acceptors (Lipinski definition) is 4. The van der Waals surface area contributed by atoms with Crippen LogP contribution in [0.3, 0.4) is 0 Å². The second-order valence-electron chi connectivity index (χ2n) is 5.06. The second-order valence-corrected chi connectivity index (χ2v) is 5.06. The maximum Gasteiger partial charge on any atom is 0.315 e. The predicted molar refractivity (Wildman–Crippen MR) is 57.2 cm³/mol. The Morgan fingerprint density at radius 3 is 2.62 bits per heavy atom. The van der Waals surface area contributed by atoms with E-state index in [9.17, 15) is 15.0 Å². The van der Waals surface area contributed by atoms with Gasteiger partial charge in [0.2, 0.25) is 0 Å². The van der Waals surface area contributed by atoms with Gasteiger partial charge >= 0.3 is 5.97 Å². The summed E-state index contributed by atoms with van der Waals surface area (Å²) in [5, 5.41) is 20.0. The average Bonchev–Trinajstić information content (AvgIpc) is 2.61. The Labute approximate surface area is 95.0 Å². The number of β-amino-alcohol motifs (C(OH)–C–C–N with tert-alkyl or cyclic N) is 1. The number of carbonyl (C=O) groups is 1. The standard InChI is InChI=1S/C11H19NO4/c1-12-5-4-11(15,7-12)10(9(13)14)3-2-6-16-8-10/h15H,2-8H2,1H3,(H,13,14). The molecule has 0 aromatic carbocycles. The van der Waals surface area contributed by atoms with Gasteiger partial charge in [-0.3, -0.25) is 4.79 Å². The van der Waals surface area contributed by atoms with Crippen molar-refractivity contribution in [3.63, 3.8) is 0 Å². The number of nitrogens with zero attached hydrogens (tertiary/aromatic N) is 1. The molecule has 0 spiro atoms. The minimum Gasteiger partial charge on any atom is -0.481 e. The molecule has 16 heavy (non-hydrogen) atoms. The third-order valence-electron chi connectivity index (χ3n) is 3.98. The Balaban J connectivity index is 2.28. The van der Waals surface area contributed by atoms with Crippen molar-refractivity contribution in [2.24, 2.45) is 5.41 Å². The third kappa shape index (κ3) is 1.63. The van der Waals surface area contributed by atoms with E-state index >= 15 is 0 Å². The molecule has 2 unspecified atom stereocenters. The summed E-state index contributed by atoms with van der Waals surface area (Å²) in [5.74, 6) is -0.926. The van der Waals surface area contributed by atoms with Crippen molar-refractivity contribution in [2.75, 3.05) is 33.4 Å². The van der Waals surface area contributed by atoms with Crippen molar-refractivity contribution >= 4 is 5.97 Å². The van der Waals surface area contributed by atoms with E-state index in [0.717, 1.165) is 6.54 Å². The number of aliphatic hydroxyl groups is 1. The van der Waals surface area contributed by atoms with Crippen molar-refractivity contribution in [1.82, 2.24) is 4.90 Å². The number of rotatable bonds is 2. The second kappa shape index (κ2) is 3.98. The first kappa shape index (κ1) is 11.8. The van der Waals surface area contributed by atoms with Gasteiger partial charge in [-0.15, -0.1) is 0 Å². The first-order chi connectivity index (χ1) is 7.50. The van der Waals surface area contributed by atoms with Gasteiger partial charge in [-0.2, -0.15) is 0 Å². The molecule has 5 heteroatoms. The molecule has 0 saturated carbocycles. The summed E-state index contributed by atoms with van der Waals surface area (Å²) in [7, 11) is 1.90. The van der Waals surface area contributed by atoms with Crippen molar-refractivity contribution in [3.05, 3.63) is 0 Å². The van der Waals surface area contributed by atoms with Gasteiger partial charge in [-0.25, -0.2) is 0 Å². The van der Waals surface area contributed by atoms with Crippen LogP contribution in [-0.2, 0) is 9.53 Å². The van der Waals surface area contributed by atoms with Crippen molar-refractivity contribution < 1.29 is 19.7 Å². The molecule has 2 aliphatic rings. The molecule has 2 atom stereocenters. The first-order valence-electron chi connectivity index (χ1n) is 5.72. The summed E-state index contributed by atoms with van der Waals surface area (Å²) in [6.45, 7) is 1.89. The molecule has 0 radical (unpaired) electrons.